The minimum Gasteiger partial charge on any atom is -0.496 e. The minimum atomic E-state index is -0.181. The Morgan fingerprint density at radius 2 is 1.86 bits per heavy atom. The molecule has 1 fully saturated rings. The third-order valence-corrected chi connectivity index (χ3v) is 5.27. The summed E-state index contributed by atoms with van der Waals surface area (Å²) < 4.78 is 5.56. The van der Waals surface area contributed by atoms with Crippen molar-refractivity contribution in [1.82, 2.24) is 5.43 Å². The number of hydrogen-bond donors (Lipinski definition) is 3. The van der Waals surface area contributed by atoms with E-state index in [0.717, 1.165) is 29.3 Å². The molecule has 1 heterocycles. The highest BCUT2D eigenvalue weighted by Gasteiger charge is 2.17. The Morgan fingerprint density at radius 1 is 1.10 bits per heavy atom. The number of quaternary nitrogens is 1. The van der Waals surface area contributed by atoms with Crippen molar-refractivity contribution >= 4 is 17.3 Å². The van der Waals surface area contributed by atoms with Crippen molar-refractivity contribution < 1.29 is 14.4 Å². The lowest BCUT2D eigenvalue weighted by Gasteiger charge is -2.24. The Kier molecular flexibility index (Phi) is 7.64. The highest BCUT2D eigenvalue weighted by Crippen LogP contribution is 2.20. The summed E-state index contributed by atoms with van der Waals surface area (Å²) in [5.41, 5.74) is 6.49. The molecular formula is C23H31N4O2+. The van der Waals surface area contributed by atoms with Gasteiger partial charge in [-0.1, -0.05) is 18.2 Å². The van der Waals surface area contributed by atoms with Crippen molar-refractivity contribution in [3.8, 4) is 5.75 Å². The smallest absolute Gasteiger partial charge is 0.259 e. The average molecular weight is 396 g/mol. The summed E-state index contributed by atoms with van der Waals surface area (Å²) in [5.74, 6) is 0.732. The second-order valence-electron chi connectivity index (χ2n) is 7.47. The Balaban J connectivity index is 1.60. The first kappa shape index (κ1) is 20.9. The van der Waals surface area contributed by atoms with Gasteiger partial charge in [0.1, 0.15) is 12.3 Å². The first-order valence-electron chi connectivity index (χ1n) is 10.3. The Labute approximate surface area is 172 Å². The quantitative estimate of drug-likeness (QED) is 0.474. The van der Waals surface area contributed by atoms with E-state index in [9.17, 15) is 4.79 Å². The summed E-state index contributed by atoms with van der Waals surface area (Å²) in [4.78, 5) is 13.7. The molecule has 6 heteroatoms. The summed E-state index contributed by atoms with van der Waals surface area (Å²) in [5, 5.41) is 7.36. The van der Waals surface area contributed by atoms with E-state index < -0.39 is 0 Å². The number of hydrogen-bond acceptors (Lipinski definition) is 4. The van der Waals surface area contributed by atoms with Gasteiger partial charge >= 0.3 is 0 Å². The van der Waals surface area contributed by atoms with E-state index >= 15 is 0 Å². The fourth-order valence-corrected chi connectivity index (χ4v) is 3.63. The lowest BCUT2D eigenvalue weighted by Crippen LogP contribution is -3.11. The van der Waals surface area contributed by atoms with Crippen LogP contribution >= 0.6 is 0 Å². The van der Waals surface area contributed by atoms with Crippen molar-refractivity contribution in [3.63, 3.8) is 0 Å². The van der Waals surface area contributed by atoms with Gasteiger partial charge in [-0.15, -0.1) is 0 Å². The van der Waals surface area contributed by atoms with Crippen LogP contribution in [0.2, 0.25) is 0 Å². The number of carbonyl (C=O) groups is 1. The number of anilines is 1. The van der Waals surface area contributed by atoms with Crippen molar-refractivity contribution in [2.45, 2.75) is 32.7 Å². The lowest BCUT2D eigenvalue weighted by atomic mass is 10.0. The van der Waals surface area contributed by atoms with Crippen LogP contribution in [0.3, 0.4) is 0 Å². The molecule has 0 aromatic heterocycles. The Morgan fingerprint density at radius 3 is 2.59 bits per heavy atom. The van der Waals surface area contributed by atoms with Gasteiger partial charge in [-0.05, 0) is 62.1 Å². The molecule has 0 radical (unpaired) electrons. The van der Waals surface area contributed by atoms with Crippen LogP contribution in [0.4, 0.5) is 5.69 Å². The summed E-state index contributed by atoms with van der Waals surface area (Å²) in [7, 11) is 1.71. The molecule has 29 heavy (non-hydrogen) atoms. The molecule has 0 aliphatic carbocycles. The number of carbonyl (C=O) groups excluding carboxylic acids is 1. The van der Waals surface area contributed by atoms with Crippen LogP contribution in [0.1, 0.15) is 37.3 Å². The van der Waals surface area contributed by atoms with E-state index in [-0.39, 0.29) is 12.5 Å². The van der Waals surface area contributed by atoms with Crippen LogP contribution in [-0.4, -0.2) is 38.4 Å². The van der Waals surface area contributed by atoms with Gasteiger partial charge in [0.05, 0.1) is 32.5 Å². The second-order valence-corrected chi connectivity index (χ2v) is 7.47. The molecular weight excluding hydrogens is 364 g/mol. The number of para-hydroxylation sites is 1. The number of nitrogens with zero attached hydrogens (tertiary/aromatic N) is 1. The van der Waals surface area contributed by atoms with E-state index in [4.69, 9.17) is 4.74 Å². The summed E-state index contributed by atoms with van der Waals surface area (Å²) >= 11 is 0. The van der Waals surface area contributed by atoms with Crippen LogP contribution in [0.25, 0.3) is 0 Å². The maximum atomic E-state index is 12.1. The normalized spacial score (nSPS) is 15.0. The van der Waals surface area contributed by atoms with E-state index in [0.29, 0.717) is 0 Å². The van der Waals surface area contributed by atoms with Crippen LogP contribution in [0, 0.1) is 0 Å². The number of likely N-dealkylation sites (tertiary alicyclic amines) is 1. The zero-order valence-electron chi connectivity index (χ0n) is 17.3. The predicted molar refractivity (Wildman–Crippen MR) is 117 cm³/mol. The van der Waals surface area contributed by atoms with Gasteiger partial charge in [0.25, 0.3) is 5.91 Å². The molecule has 6 nitrogen and oxygen atoms in total. The van der Waals surface area contributed by atoms with E-state index in [1.54, 1.807) is 12.0 Å². The molecule has 0 atom stereocenters. The van der Waals surface area contributed by atoms with Crippen molar-refractivity contribution in [2.24, 2.45) is 5.10 Å². The fourth-order valence-electron chi connectivity index (χ4n) is 3.63. The van der Waals surface area contributed by atoms with Gasteiger partial charge in [0.2, 0.25) is 0 Å². The highest BCUT2D eigenvalue weighted by molar-refractivity contribution is 5.99. The Hall–Kier alpha value is -2.86. The van der Waals surface area contributed by atoms with Gasteiger partial charge < -0.3 is 15.0 Å². The molecule has 154 valence electrons. The lowest BCUT2D eigenvalue weighted by molar-refractivity contribution is -0.918. The molecule has 2 aromatic rings. The molecule has 0 unspecified atom stereocenters. The topological polar surface area (TPSA) is 67.2 Å². The van der Waals surface area contributed by atoms with Crippen molar-refractivity contribution in [2.75, 3.05) is 32.1 Å². The first-order valence-corrected chi connectivity index (χ1v) is 10.3. The maximum Gasteiger partial charge on any atom is 0.259 e. The van der Waals surface area contributed by atoms with Crippen LogP contribution < -0.4 is 20.4 Å². The van der Waals surface area contributed by atoms with Gasteiger partial charge in [0, 0.05) is 11.3 Å². The molecule has 1 aliphatic rings. The van der Waals surface area contributed by atoms with Crippen LogP contribution in [0.15, 0.2) is 53.6 Å². The molecule has 0 spiro atoms. The number of ether oxygens (including phenoxy) is 1. The third-order valence-electron chi connectivity index (χ3n) is 5.27. The van der Waals surface area contributed by atoms with E-state index in [1.807, 2.05) is 49.4 Å². The Bertz CT molecular complexity index is 830. The summed E-state index contributed by atoms with van der Waals surface area (Å²) in [6.45, 7) is 5.46. The second kappa shape index (κ2) is 10.6. The van der Waals surface area contributed by atoms with Gasteiger partial charge in [-0.3, -0.25) is 4.79 Å². The summed E-state index contributed by atoms with van der Waals surface area (Å²) in [6, 6.07) is 15.7. The minimum absolute atomic E-state index is 0.174. The zero-order valence-corrected chi connectivity index (χ0v) is 17.3. The fraction of sp³-hybridized carbons (Fsp3) is 0.391. The molecule has 1 saturated heterocycles. The number of benzene rings is 2. The SMILES string of the molecule is COc1ccc(/C(C)=N\NC(=O)CNc2ccccc2)cc1C[NH+]1CCCCC1. The van der Waals surface area contributed by atoms with Crippen LogP contribution in [0.5, 0.6) is 5.75 Å². The zero-order chi connectivity index (χ0) is 20.5. The number of hydrazone groups is 1. The van der Waals surface area contributed by atoms with Gasteiger partial charge in [-0.2, -0.15) is 5.10 Å². The number of amides is 1. The number of nitrogens with one attached hydrogen (secondary N) is 3. The molecule has 1 amide bonds. The molecule has 2 aromatic carbocycles. The van der Waals surface area contributed by atoms with Crippen molar-refractivity contribution in [1.29, 1.82) is 0 Å². The average Bonchev–Trinajstić information content (AvgIpc) is 2.77. The van der Waals surface area contributed by atoms with Gasteiger partial charge in [0.15, 0.2) is 0 Å². The van der Waals surface area contributed by atoms with Crippen molar-refractivity contribution in [3.05, 3.63) is 59.7 Å². The van der Waals surface area contributed by atoms with E-state index in [2.05, 4.69) is 21.9 Å². The molecule has 1 aliphatic heterocycles. The van der Waals surface area contributed by atoms with Gasteiger partial charge in [-0.25, -0.2) is 5.43 Å². The maximum absolute atomic E-state index is 12.1. The number of piperidine rings is 1. The monoisotopic (exact) mass is 395 g/mol. The molecule has 0 saturated carbocycles. The van der Waals surface area contributed by atoms with Crippen LogP contribution in [-0.2, 0) is 11.3 Å². The standard InChI is InChI=1S/C23H30N4O2/c1-18(25-26-23(28)16-24-21-9-5-3-6-10-21)19-11-12-22(29-2)20(15-19)17-27-13-7-4-8-14-27/h3,5-6,9-12,15,24H,4,7-8,13-14,16-17H2,1-2H3,(H,26,28)/p+1/b25-18-. The molecule has 3 rings (SSSR count). The van der Waals surface area contributed by atoms with E-state index in [1.165, 1.54) is 37.9 Å². The molecule has 0 bridgehead atoms. The summed E-state index contributed by atoms with van der Waals surface area (Å²) in [6.07, 6.45) is 3.92. The molecule has 3 N–H and O–H groups in total. The number of methoxy groups -OCH3 is 1. The number of rotatable bonds is 8. The third kappa shape index (κ3) is 6.32. The predicted octanol–water partition coefficient (Wildman–Crippen LogP) is 2.22. The first-order chi connectivity index (χ1) is 14.2. The largest absolute Gasteiger partial charge is 0.496 e. The highest BCUT2D eigenvalue weighted by atomic mass is 16.5.